The quantitative estimate of drug-likeness (QED) is 0.187. The number of methoxy groups -OCH3 is 2. The summed E-state index contributed by atoms with van der Waals surface area (Å²) in [7, 11) is 2.95. The Morgan fingerprint density at radius 2 is 1.78 bits per heavy atom. The van der Waals surface area contributed by atoms with Crippen molar-refractivity contribution in [3.63, 3.8) is 0 Å². The van der Waals surface area contributed by atoms with Crippen LogP contribution in [0, 0.1) is 0 Å². The number of fused-ring (bicyclic) bond motifs is 1. The molecule has 0 unspecified atom stereocenters. The third-order valence-corrected chi connectivity index (χ3v) is 5.86. The molecule has 0 spiro atoms. The van der Waals surface area contributed by atoms with Crippen molar-refractivity contribution in [2.45, 2.75) is 5.22 Å². The highest BCUT2D eigenvalue weighted by atomic mass is 32.2. The second-order valence-electron chi connectivity index (χ2n) is 7.43. The van der Waals surface area contributed by atoms with Gasteiger partial charge in [0.2, 0.25) is 5.91 Å². The van der Waals surface area contributed by atoms with Gasteiger partial charge in [0.1, 0.15) is 17.0 Å². The number of hydrogen-bond acceptors (Lipinski definition) is 9. The van der Waals surface area contributed by atoms with Crippen LogP contribution in [0.25, 0.3) is 11.1 Å². The van der Waals surface area contributed by atoms with Crippen LogP contribution in [-0.2, 0) is 9.53 Å². The van der Waals surface area contributed by atoms with Crippen LogP contribution < -0.4 is 14.8 Å². The molecule has 0 aliphatic heterocycles. The van der Waals surface area contributed by atoms with Gasteiger partial charge < -0.3 is 23.9 Å². The van der Waals surface area contributed by atoms with E-state index in [9.17, 15) is 14.4 Å². The Labute approximate surface area is 210 Å². The highest BCUT2D eigenvalue weighted by molar-refractivity contribution is 7.99. The van der Waals surface area contributed by atoms with Crippen molar-refractivity contribution in [2.24, 2.45) is 0 Å². The molecular weight excluding hydrogens is 484 g/mol. The minimum atomic E-state index is -0.717. The Hall–Kier alpha value is -4.31. The Morgan fingerprint density at radius 1 is 0.944 bits per heavy atom. The average Bonchev–Trinajstić information content (AvgIpc) is 3.33. The second-order valence-corrected chi connectivity index (χ2v) is 8.36. The minimum absolute atomic E-state index is 0.0275. The van der Waals surface area contributed by atoms with E-state index in [1.54, 1.807) is 30.3 Å². The molecule has 9 nitrogen and oxygen atoms in total. The van der Waals surface area contributed by atoms with Crippen molar-refractivity contribution in [1.82, 2.24) is 4.98 Å². The average molecular weight is 507 g/mol. The summed E-state index contributed by atoms with van der Waals surface area (Å²) >= 11 is 1.14. The summed E-state index contributed by atoms with van der Waals surface area (Å²) in [4.78, 5) is 41.8. The molecule has 1 aromatic heterocycles. The zero-order valence-corrected chi connectivity index (χ0v) is 20.3. The van der Waals surface area contributed by atoms with Crippen molar-refractivity contribution in [3.05, 3.63) is 77.9 Å². The second kappa shape index (κ2) is 11.4. The molecule has 1 N–H and O–H groups in total. The van der Waals surface area contributed by atoms with Crippen molar-refractivity contribution in [3.8, 4) is 11.5 Å². The number of rotatable bonds is 10. The van der Waals surface area contributed by atoms with Crippen LogP contribution in [0.15, 0.2) is 76.4 Å². The summed E-state index contributed by atoms with van der Waals surface area (Å²) in [5.41, 5.74) is 2.14. The van der Waals surface area contributed by atoms with Gasteiger partial charge in [-0.25, -0.2) is 9.78 Å². The number of nitrogens with zero attached hydrogens (tertiary/aromatic N) is 1. The highest BCUT2D eigenvalue weighted by Gasteiger charge is 2.17. The number of hydrogen-bond donors (Lipinski definition) is 1. The maximum Gasteiger partial charge on any atom is 0.338 e. The number of oxazole rings is 1. The fourth-order valence-electron chi connectivity index (χ4n) is 3.25. The van der Waals surface area contributed by atoms with Gasteiger partial charge in [0.25, 0.3) is 5.22 Å². The predicted octanol–water partition coefficient (Wildman–Crippen LogP) is 4.62. The number of para-hydroxylation sites is 2. The van der Waals surface area contributed by atoms with E-state index in [2.05, 4.69) is 10.3 Å². The van der Waals surface area contributed by atoms with Gasteiger partial charge in [0.15, 0.2) is 18.0 Å². The summed E-state index contributed by atoms with van der Waals surface area (Å²) in [5.74, 6) is -0.527. The molecule has 0 saturated carbocycles. The molecular formula is C26H22N2O7S. The van der Waals surface area contributed by atoms with E-state index in [0.29, 0.717) is 33.4 Å². The lowest BCUT2D eigenvalue weighted by atomic mass is 10.1. The summed E-state index contributed by atoms with van der Waals surface area (Å²) in [6, 6.07) is 18.3. The smallest absolute Gasteiger partial charge is 0.338 e. The Morgan fingerprint density at radius 3 is 2.56 bits per heavy atom. The molecule has 0 saturated heterocycles. The number of Topliss-reactive ketones (excluding diaryl/α,β-unsaturated/α-hetero) is 1. The standard InChI is InChI=1S/C26H22N2O7S/c1-32-18-7-5-6-16(12-18)21(29)14-34-25(31)17-10-11-22(33-2)20(13-17)27-24(30)15-36-26-28-19-8-3-4-9-23(19)35-26/h3-13H,14-15H2,1-2H3,(H,27,30). The van der Waals surface area contributed by atoms with Crippen LogP contribution in [-0.4, -0.2) is 49.2 Å². The molecule has 1 amide bonds. The molecule has 0 aliphatic carbocycles. The number of carbonyl (C=O) groups excluding carboxylic acids is 3. The molecule has 1 heterocycles. The third kappa shape index (κ3) is 6.02. The summed E-state index contributed by atoms with van der Waals surface area (Å²) in [6.07, 6.45) is 0. The number of carbonyl (C=O) groups is 3. The van der Waals surface area contributed by atoms with Gasteiger partial charge >= 0.3 is 5.97 Å². The molecule has 0 bridgehead atoms. The molecule has 0 aliphatic rings. The van der Waals surface area contributed by atoms with Gasteiger partial charge in [0, 0.05) is 5.56 Å². The fourth-order valence-corrected chi connectivity index (χ4v) is 3.89. The van der Waals surface area contributed by atoms with E-state index in [-0.39, 0.29) is 28.7 Å². The summed E-state index contributed by atoms with van der Waals surface area (Å²) in [5, 5.41) is 3.09. The van der Waals surface area contributed by atoms with Crippen molar-refractivity contribution >= 4 is 46.2 Å². The normalized spacial score (nSPS) is 10.6. The topological polar surface area (TPSA) is 117 Å². The van der Waals surface area contributed by atoms with Crippen LogP contribution in [0.4, 0.5) is 5.69 Å². The number of nitrogens with one attached hydrogen (secondary N) is 1. The Bertz CT molecular complexity index is 1380. The van der Waals surface area contributed by atoms with E-state index in [0.717, 1.165) is 11.8 Å². The SMILES string of the molecule is COc1cccc(C(=O)COC(=O)c2ccc(OC)c(NC(=O)CSc3nc4ccccc4o3)c2)c1. The van der Waals surface area contributed by atoms with Crippen LogP contribution in [0.3, 0.4) is 0 Å². The number of anilines is 1. The first kappa shape index (κ1) is 24.8. The summed E-state index contributed by atoms with van der Waals surface area (Å²) in [6.45, 7) is -0.444. The first-order chi connectivity index (χ1) is 17.5. The van der Waals surface area contributed by atoms with Gasteiger partial charge in [0.05, 0.1) is 31.2 Å². The maximum absolute atomic E-state index is 12.6. The van der Waals surface area contributed by atoms with E-state index in [4.69, 9.17) is 18.6 Å². The van der Waals surface area contributed by atoms with E-state index < -0.39 is 12.6 Å². The monoisotopic (exact) mass is 506 g/mol. The van der Waals surface area contributed by atoms with Gasteiger partial charge in [-0.2, -0.15) is 0 Å². The Kier molecular flexibility index (Phi) is 7.86. The molecule has 0 fully saturated rings. The van der Waals surface area contributed by atoms with Crippen LogP contribution in [0.1, 0.15) is 20.7 Å². The minimum Gasteiger partial charge on any atom is -0.497 e. The lowest BCUT2D eigenvalue weighted by Gasteiger charge is -2.12. The number of esters is 1. The molecule has 0 radical (unpaired) electrons. The van der Waals surface area contributed by atoms with Gasteiger partial charge in [-0.05, 0) is 42.5 Å². The van der Waals surface area contributed by atoms with E-state index >= 15 is 0 Å². The molecule has 184 valence electrons. The number of ether oxygens (including phenoxy) is 3. The molecule has 3 aromatic carbocycles. The number of ketones is 1. The predicted molar refractivity (Wildman–Crippen MR) is 134 cm³/mol. The molecule has 10 heteroatoms. The lowest BCUT2D eigenvalue weighted by Crippen LogP contribution is -2.17. The number of aromatic nitrogens is 1. The first-order valence-corrected chi connectivity index (χ1v) is 11.8. The number of amides is 1. The number of benzene rings is 3. The third-order valence-electron chi connectivity index (χ3n) is 5.04. The lowest BCUT2D eigenvalue weighted by molar-refractivity contribution is -0.113. The molecule has 0 atom stereocenters. The fraction of sp³-hybridized carbons (Fsp3) is 0.154. The molecule has 4 aromatic rings. The Balaban J connectivity index is 1.37. The van der Waals surface area contributed by atoms with Gasteiger partial charge in [-0.1, -0.05) is 36.0 Å². The zero-order chi connectivity index (χ0) is 25.5. The van der Waals surface area contributed by atoms with Crippen molar-refractivity contribution in [2.75, 3.05) is 31.9 Å². The molecule has 36 heavy (non-hydrogen) atoms. The van der Waals surface area contributed by atoms with E-state index in [1.807, 2.05) is 18.2 Å². The van der Waals surface area contributed by atoms with Crippen LogP contribution in [0.5, 0.6) is 11.5 Å². The maximum atomic E-state index is 12.6. The first-order valence-electron chi connectivity index (χ1n) is 10.8. The van der Waals surface area contributed by atoms with Gasteiger partial charge in [-0.15, -0.1) is 0 Å². The van der Waals surface area contributed by atoms with Gasteiger partial charge in [-0.3, -0.25) is 9.59 Å². The zero-order valence-electron chi connectivity index (χ0n) is 19.5. The van der Waals surface area contributed by atoms with Crippen LogP contribution >= 0.6 is 11.8 Å². The largest absolute Gasteiger partial charge is 0.497 e. The number of thioether (sulfide) groups is 1. The van der Waals surface area contributed by atoms with E-state index in [1.165, 1.54) is 32.4 Å². The molecule has 4 rings (SSSR count). The van der Waals surface area contributed by atoms with Crippen molar-refractivity contribution < 1.29 is 33.0 Å². The highest BCUT2D eigenvalue weighted by Crippen LogP contribution is 2.27. The summed E-state index contributed by atoms with van der Waals surface area (Å²) < 4.78 is 21.2. The van der Waals surface area contributed by atoms with Crippen molar-refractivity contribution in [1.29, 1.82) is 0 Å². The van der Waals surface area contributed by atoms with Crippen LogP contribution in [0.2, 0.25) is 0 Å².